The van der Waals surface area contributed by atoms with Gasteiger partial charge in [0.1, 0.15) is 0 Å². The van der Waals surface area contributed by atoms with E-state index in [9.17, 15) is 4.79 Å². The Kier molecular flexibility index (Phi) is 2.59. The quantitative estimate of drug-likeness (QED) is 0.828. The lowest BCUT2D eigenvalue weighted by atomic mass is 10.0. The zero-order valence-electron chi connectivity index (χ0n) is 9.52. The van der Waals surface area contributed by atoms with Crippen LogP contribution < -0.4 is 5.73 Å². The minimum Gasteiger partial charge on any atom is -0.476 e. The van der Waals surface area contributed by atoms with Crippen LogP contribution in [-0.2, 0) is 0 Å². The summed E-state index contributed by atoms with van der Waals surface area (Å²) in [7, 11) is 0. The molecule has 1 aromatic carbocycles. The predicted octanol–water partition coefficient (Wildman–Crippen LogP) is 2.24. The van der Waals surface area contributed by atoms with Crippen molar-refractivity contribution in [3.8, 4) is 11.3 Å². The van der Waals surface area contributed by atoms with Crippen LogP contribution in [0, 0.1) is 13.8 Å². The van der Waals surface area contributed by atoms with Crippen molar-refractivity contribution in [1.82, 2.24) is 4.98 Å². The molecule has 17 heavy (non-hydrogen) atoms. The van der Waals surface area contributed by atoms with Crippen LogP contribution in [0.25, 0.3) is 11.3 Å². The Morgan fingerprint density at radius 3 is 2.71 bits per heavy atom. The van der Waals surface area contributed by atoms with E-state index in [0.717, 1.165) is 11.1 Å². The lowest BCUT2D eigenvalue weighted by Crippen LogP contribution is -2.00. The van der Waals surface area contributed by atoms with E-state index in [1.165, 1.54) is 0 Å². The number of benzene rings is 1. The third kappa shape index (κ3) is 1.99. The van der Waals surface area contributed by atoms with Crippen molar-refractivity contribution < 1.29 is 14.3 Å². The highest BCUT2D eigenvalue weighted by atomic mass is 16.4. The van der Waals surface area contributed by atoms with E-state index in [1.807, 2.05) is 26.0 Å². The largest absolute Gasteiger partial charge is 0.476 e. The van der Waals surface area contributed by atoms with E-state index < -0.39 is 5.97 Å². The molecule has 0 aliphatic carbocycles. The highest BCUT2D eigenvalue weighted by Crippen LogP contribution is 2.29. The van der Waals surface area contributed by atoms with Crippen LogP contribution in [0.15, 0.2) is 22.6 Å². The van der Waals surface area contributed by atoms with E-state index in [2.05, 4.69) is 4.98 Å². The Morgan fingerprint density at radius 1 is 1.41 bits per heavy atom. The minimum absolute atomic E-state index is 0.141. The van der Waals surface area contributed by atoms with Gasteiger partial charge in [0.25, 0.3) is 6.01 Å². The molecule has 0 fully saturated rings. The van der Waals surface area contributed by atoms with Gasteiger partial charge >= 0.3 is 5.97 Å². The normalized spacial score (nSPS) is 10.5. The summed E-state index contributed by atoms with van der Waals surface area (Å²) in [6, 6.07) is 5.49. The van der Waals surface area contributed by atoms with Gasteiger partial charge in [0.15, 0.2) is 11.5 Å². The Morgan fingerprint density at radius 2 is 2.12 bits per heavy atom. The molecule has 0 aliphatic heterocycles. The van der Waals surface area contributed by atoms with Crippen LogP contribution in [0.5, 0.6) is 0 Å². The van der Waals surface area contributed by atoms with Crippen molar-refractivity contribution in [1.29, 1.82) is 0 Å². The number of aromatic carboxylic acids is 1. The Labute approximate surface area is 97.9 Å². The maximum atomic E-state index is 11.0. The molecule has 0 atom stereocenters. The number of nitrogens with zero attached hydrogens (tertiary/aromatic N) is 1. The van der Waals surface area contributed by atoms with Gasteiger partial charge in [-0.25, -0.2) is 4.79 Å². The van der Waals surface area contributed by atoms with Gasteiger partial charge in [0.05, 0.1) is 0 Å². The first-order chi connectivity index (χ1) is 7.99. The molecule has 1 aromatic heterocycles. The second-order valence-corrected chi connectivity index (χ2v) is 3.85. The summed E-state index contributed by atoms with van der Waals surface area (Å²) in [6.07, 6.45) is 0. The molecule has 3 N–H and O–H groups in total. The summed E-state index contributed by atoms with van der Waals surface area (Å²) < 4.78 is 5.17. The van der Waals surface area contributed by atoms with E-state index in [1.54, 1.807) is 6.07 Å². The number of carbonyl (C=O) groups is 1. The Hall–Kier alpha value is -2.30. The second-order valence-electron chi connectivity index (χ2n) is 3.85. The molecule has 5 heteroatoms. The van der Waals surface area contributed by atoms with Crippen LogP contribution in [0.2, 0.25) is 0 Å². The summed E-state index contributed by atoms with van der Waals surface area (Å²) in [6.45, 7) is 3.84. The number of nitrogen functional groups attached to an aromatic ring is 1. The van der Waals surface area contributed by atoms with Gasteiger partial charge in [0, 0.05) is 5.56 Å². The molecule has 0 bridgehead atoms. The van der Waals surface area contributed by atoms with Crippen LogP contribution in [-0.4, -0.2) is 16.1 Å². The third-order valence-electron chi connectivity index (χ3n) is 2.47. The number of anilines is 1. The fraction of sp³-hybridized carbons (Fsp3) is 0.167. The maximum Gasteiger partial charge on any atom is 0.358 e. The molecule has 0 aliphatic rings. The summed E-state index contributed by atoms with van der Waals surface area (Å²) >= 11 is 0. The van der Waals surface area contributed by atoms with Gasteiger partial charge in [-0.3, -0.25) is 0 Å². The molecule has 0 spiro atoms. The summed E-state index contributed by atoms with van der Waals surface area (Å²) in [5.74, 6) is -0.951. The van der Waals surface area contributed by atoms with Gasteiger partial charge in [0.2, 0.25) is 0 Å². The Bertz CT molecular complexity index is 587. The fourth-order valence-corrected chi connectivity index (χ4v) is 1.73. The number of rotatable bonds is 2. The van der Waals surface area contributed by atoms with Crippen molar-refractivity contribution in [2.24, 2.45) is 0 Å². The van der Waals surface area contributed by atoms with Crippen LogP contribution in [0.4, 0.5) is 6.01 Å². The van der Waals surface area contributed by atoms with Crippen molar-refractivity contribution in [3.05, 3.63) is 35.0 Å². The van der Waals surface area contributed by atoms with Gasteiger partial charge in [-0.05, 0) is 19.4 Å². The topological polar surface area (TPSA) is 89.4 Å². The zero-order chi connectivity index (χ0) is 12.6. The van der Waals surface area contributed by atoms with Crippen molar-refractivity contribution in [3.63, 3.8) is 0 Å². The summed E-state index contributed by atoms with van der Waals surface area (Å²) in [4.78, 5) is 14.7. The monoisotopic (exact) mass is 232 g/mol. The minimum atomic E-state index is -1.15. The number of carboxylic acid groups (broad SMARTS) is 1. The standard InChI is InChI=1S/C12H12N2O3/c1-6-3-4-8(7(2)5-6)10-9(11(15)16)14-12(13)17-10/h3-5H,1-2H3,(H2,13,14)(H,15,16). The molecule has 88 valence electrons. The highest BCUT2D eigenvalue weighted by Gasteiger charge is 2.20. The number of oxazole rings is 1. The summed E-state index contributed by atoms with van der Waals surface area (Å²) in [5.41, 5.74) is 7.94. The second kappa shape index (κ2) is 3.93. The first-order valence-corrected chi connectivity index (χ1v) is 5.06. The number of hydrogen-bond acceptors (Lipinski definition) is 4. The third-order valence-corrected chi connectivity index (χ3v) is 2.47. The molecule has 0 amide bonds. The van der Waals surface area contributed by atoms with E-state index in [-0.39, 0.29) is 17.5 Å². The number of aromatic nitrogens is 1. The lowest BCUT2D eigenvalue weighted by Gasteiger charge is -2.04. The lowest BCUT2D eigenvalue weighted by molar-refractivity contribution is 0.0691. The fourth-order valence-electron chi connectivity index (χ4n) is 1.73. The first-order valence-electron chi connectivity index (χ1n) is 5.06. The van der Waals surface area contributed by atoms with Crippen molar-refractivity contribution in [2.45, 2.75) is 13.8 Å². The average molecular weight is 232 g/mol. The molecule has 2 aromatic rings. The van der Waals surface area contributed by atoms with Crippen LogP contribution >= 0.6 is 0 Å². The number of carboxylic acids is 1. The number of nitrogens with two attached hydrogens (primary N) is 1. The first kappa shape index (κ1) is 11.2. The molecular weight excluding hydrogens is 220 g/mol. The molecular formula is C12H12N2O3. The van der Waals surface area contributed by atoms with E-state index in [0.29, 0.717) is 5.56 Å². The summed E-state index contributed by atoms with van der Waals surface area (Å²) in [5, 5.41) is 9.01. The predicted molar refractivity (Wildman–Crippen MR) is 62.8 cm³/mol. The molecule has 2 rings (SSSR count). The molecule has 0 radical (unpaired) electrons. The Balaban J connectivity index is 2.63. The number of hydrogen-bond donors (Lipinski definition) is 2. The molecule has 0 unspecified atom stereocenters. The molecule has 0 saturated heterocycles. The average Bonchev–Trinajstić information content (AvgIpc) is 2.60. The van der Waals surface area contributed by atoms with Crippen LogP contribution in [0.1, 0.15) is 21.6 Å². The van der Waals surface area contributed by atoms with Crippen molar-refractivity contribution in [2.75, 3.05) is 5.73 Å². The van der Waals surface area contributed by atoms with E-state index >= 15 is 0 Å². The molecule has 0 saturated carbocycles. The number of aryl methyl sites for hydroxylation is 2. The maximum absolute atomic E-state index is 11.0. The SMILES string of the molecule is Cc1ccc(-c2oc(N)nc2C(=O)O)c(C)c1. The van der Waals surface area contributed by atoms with Gasteiger partial charge in [-0.2, -0.15) is 4.98 Å². The zero-order valence-corrected chi connectivity index (χ0v) is 9.52. The smallest absolute Gasteiger partial charge is 0.358 e. The van der Waals surface area contributed by atoms with Crippen molar-refractivity contribution >= 4 is 12.0 Å². The van der Waals surface area contributed by atoms with Gasteiger partial charge in [-0.1, -0.05) is 23.8 Å². The molecule has 5 nitrogen and oxygen atoms in total. The highest BCUT2D eigenvalue weighted by molar-refractivity contribution is 5.93. The van der Waals surface area contributed by atoms with E-state index in [4.69, 9.17) is 15.3 Å². The molecule has 1 heterocycles. The van der Waals surface area contributed by atoms with Gasteiger partial charge in [-0.15, -0.1) is 0 Å². The van der Waals surface area contributed by atoms with Crippen LogP contribution in [0.3, 0.4) is 0 Å². The van der Waals surface area contributed by atoms with Gasteiger partial charge < -0.3 is 15.3 Å².